The maximum Gasteiger partial charge on any atom is 0.389 e. The summed E-state index contributed by atoms with van der Waals surface area (Å²) in [7, 11) is 1.78. The van der Waals surface area contributed by atoms with Gasteiger partial charge in [-0.15, -0.1) is 0 Å². The monoisotopic (exact) mass is 458 g/mol. The molecule has 1 aromatic heterocycles. The van der Waals surface area contributed by atoms with Crippen LogP contribution in [-0.4, -0.2) is 47.0 Å². The third-order valence-corrected chi connectivity index (χ3v) is 4.94. The van der Waals surface area contributed by atoms with E-state index in [0.29, 0.717) is 12.1 Å². The number of carbonyl (C=O) groups excluding carboxylic acids is 1. The molecule has 0 aliphatic rings. The highest BCUT2D eigenvalue weighted by atomic mass is 32.2. The number of hydrogen-bond acceptors (Lipinski definition) is 8. The SMILES string of the molecule is CC(C)N(C)c1nc(N)ncc1/N=C(\C=O)c1ccc(NSCCC(F)(F)F)c(F)c1. The first-order valence-corrected chi connectivity index (χ1v) is 10.1. The molecule has 168 valence electrons. The van der Waals surface area contributed by atoms with Gasteiger partial charge in [0.1, 0.15) is 17.2 Å². The van der Waals surface area contributed by atoms with Crippen molar-refractivity contribution in [2.75, 3.05) is 28.2 Å². The van der Waals surface area contributed by atoms with Gasteiger partial charge >= 0.3 is 6.18 Å². The molecule has 7 nitrogen and oxygen atoms in total. The van der Waals surface area contributed by atoms with E-state index in [0.717, 1.165) is 18.0 Å². The van der Waals surface area contributed by atoms with E-state index >= 15 is 0 Å². The Morgan fingerprint density at radius 2 is 2.10 bits per heavy atom. The summed E-state index contributed by atoms with van der Waals surface area (Å²) in [5.74, 6) is -0.561. The van der Waals surface area contributed by atoms with Crippen molar-refractivity contribution in [2.24, 2.45) is 4.99 Å². The van der Waals surface area contributed by atoms with Crippen LogP contribution in [0.5, 0.6) is 0 Å². The summed E-state index contributed by atoms with van der Waals surface area (Å²) in [6, 6.07) is 3.89. The number of rotatable bonds is 9. The van der Waals surface area contributed by atoms with Crippen LogP contribution < -0.4 is 15.4 Å². The maximum absolute atomic E-state index is 14.4. The van der Waals surface area contributed by atoms with Gasteiger partial charge in [-0.3, -0.25) is 4.79 Å². The number of nitrogens with two attached hydrogens (primary N) is 1. The predicted molar refractivity (Wildman–Crippen MR) is 115 cm³/mol. The summed E-state index contributed by atoms with van der Waals surface area (Å²) < 4.78 is 53.5. The van der Waals surface area contributed by atoms with E-state index in [1.165, 1.54) is 18.3 Å². The number of aliphatic imine (C=N–C) groups is 1. The van der Waals surface area contributed by atoms with E-state index in [-0.39, 0.29) is 40.4 Å². The number of nitrogens with one attached hydrogen (secondary N) is 1. The van der Waals surface area contributed by atoms with Crippen LogP contribution in [0.25, 0.3) is 0 Å². The Morgan fingerprint density at radius 3 is 2.68 bits per heavy atom. The molecule has 1 aromatic carbocycles. The maximum atomic E-state index is 14.4. The molecule has 0 bridgehead atoms. The number of benzene rings is 1. The lowest BCUT2D eigenvalue weighted by Crippen LogP contribution is -2.27. The van der Waals surface area contributed by atoms with Crippen LogP contribution in [0, 0.1) is 5.82 Å². The van der Waals surface area contributed by atoms with Crippen LogP contribution in [0.1, 0.15) is 25.8 Å². The van der Waals surface area contributed by atoms with Crippen molar-refractivity contribution in [1.82, 2.24) is 9.97 Å². The number of anilines is 3. The molecule has 0 radical (unpaired) electrons. The predicted octanol–water partition coefficient (Wildman–Crippen LogP) is 4.37. The van der Waals surface area contributed by atoms with Gasteiger partial charge in [0.05, 0.1) is 18.3 Å². The Morgan fingerprint density at radius 1 is 1.39 bits per heavy atom. The minimum atomic E-state index is -4.28. The molecule has 0 fully saturated rings. The van der Waals surface area contributed by atoms with E-state index in [4.69, 9.17) is 5.73 Å². The zero-order valence-corrected chi connectivity index (χ0v) is 17.9. The summed E-state index contributed by atoms with van der Waals surface area (Å²) in [4.78, 5) is 25.8. The van der Waals surface area contributed by atoms with Crippen LogP contribution in [0.4, 0.5) is 40.7 Å². The Bertz CT molecular complexity index is 951. The van der Waals surface area contributed by atoms with E-state index in [1.54, 1.807) is 11.9 Å². The zero-order chi connectivity index (χ0) is 23.2. The van der Waals surface area contributed by atoms with E-state index in [1.807, 2.05) is 13.8 Å². The first-order chi connectivity index (χ1) is 14.5. The quantitative estimate of drug-likeness (QED) is 0.189. The van der Waals surface area contributed by atoms with Crippen LogP contribution in [0.15, 0.2) is 29.4 Å². The molecule has 12 heteroatoms. The second-order valence-corrected chi connectivity index (χ2v) is 7.67. The third kappa shape index (κ3) is 7.09. The molecule has 0 atom stereocenters. The first kappa shape index (κ1) is 24.4. The largest absolute Gasteiger partial charge is 0.389 e. The summed E-state index contributed by atoms with van der Waals surface area (Å²) in [6.45, 7) is 3.86. The number of alkyl halides is 3. The Kier molecular flexibility index (Phi) is 8.20. The first-order valence-electron chi connectivity index (χ1n) is 9.15. The Hall–Kier alpha value is -2.89. The normalized spacial score (nSPS) is 12.2. The molecule has 0 unspecified atom stereocenters. The molecule has 0 aliphatic carbocycles. The lowest BCUT2D eigenvalue weighted by Gasteiger charge is -2.23. The van der Waals surface area contributed by atoms with Gasteiger partial charge in [0, 0.05) is 24.4 Å². The van der Waals surface area contributed by atoms with Crippen molar-refractivity contribution in [1.29, 1.82) is 0 Å². The fourth-order valence-electron chi connectivity index (χ4n) is 2.30. The summed E-state index contributed by atoms with van der Waals surface area (Å²) in [6.07, 6.45) is -3.44. The molecule has 0 saturated carbocycles. The van der Waals surface area contributed by atoms with Gasteiger partial charge in [-0.2, -0.15) is 18.2 Å². The third-order valence-electron chi connectivity index (χ3n) is 4.16. The van der Waals surface area contributed by atoms with Gasteiger partial charge in [-0.1, -0.05) is 18.0 Å². The van der Waals surface area contributed by atoms with E-state index in [2.05, 4.69) is 19.7 Å². The molecule has 0 amide bonds. The smallest absolute Gasteiger partial charge is 0.368 e. The highest BCUT2D eigenvalue weighted by Crippen LogP contribution is 2.28. The van der Waals surface area contributed by atoms with Crippen LogP contribution in [-0.2, 0) is 4.79 Å². The fraction of sp³-hybridized carbons (Fsp3) is 0.368. The summed E-state index contributed by atoms with van der Waals surface area (Å²) >= 11 is 0.736. The van der Waals surface area contributed by atoms with E-state index < -0.39 is 18.4 Å². The number of aromatic nitrogens is 2. The number of halogens is 4. The van der Waals surface area contributed by atoms with Gasteiger partial charge < -0.3 is 15.4 Å². The highest BCUT2D eigenvalue weighted by molar-refractivity contribution is 8.00. The molecule has 0 saturated heterocycles. The van der Waals surface area contributed by atoms with Crippen molar-refractivity contribution in [3.63, 3.8) is 0 Å². The minimum absolute atomic E-state index is 0.00257. The highest BCUT2D eigenvalue weighted by Gasteiger charge is 2.26. The molecule has 1 heterocycles. The molecule has 0 aliphatic heterocycles. The van der Waals surface area contributed by atoms with Gasteiger partial charge in [0.25, 0.3) is 0 Å². The second-order valence-electron chi connectivity index (χ2n) is 6.77. The van der Waals surface area contributed by atoms with Crippen molar-refractivity contribution in [2.45, 2.75) is 32.5 Å². The molecular weight excluding hydrogens is 436 g/mol. The number of aldehydes is 1. The van der Waals surface area contributed by atoms with Crippen molar-refractivity contribution in [3.05, 3.63) is 35.8 Å². The number of hydrogen-bond donors (Lipinski definition) is 2. The van der Waals surface area contributed by atoms with E-state index in [9.17, 15) is 22.4 Å². The van der Waals surface area contributed by atoms with Crippen molar-refractivity contribution < 1.29 is 22.4 Å². The van der Waals surface area contributed by atoms with Gasteiger partial charge in [-0.05, 0) is 26.0 Å². The van der Waals surface area contributed by atoms with Crippen molar-refractivity contribution >= 4 is 47.1 Å². The second kappa shape index (κ2) is 10.4. The Labute approximate surface area is 181 Å². The lowest BCUT2D eigenvalue weighted by molar-refractivity contribution is -0.129. The van der Waals surface area contributed by atoms with Gasteiger partial charge in [-0.25, -0.2) is 14.4 Å². The summed E-state index contributed by atoms with van der Waals surface area (Å²) in [5, 5.41) is 0. The molecule has 31 heavy (non-hydrogen) atoms. The molecular formula is C19H22F4N6OS. The van der Waals surface area contributed by atoms with Crippen LogP contribution >= 0.6 is 11.9 Å². The fourth-order valence-corrected chi connectivity index (χ4v) is 3.06. The van der Waals surface area contributed by atoms with Crippen LogP contribution in [0.2, 0.25) is 0 Å². The molecule has 2 aromatic rings. The molecule has 2 rings (SSSR count). The average molecular weight is 458 g/mol. The van der Waals surface area contributed by atoms with Gasteiger partial charge in [0.15, 0.2) is 12.1 Å². The average Bonchev–Trinajstić information content (AvgIpc) is 2.69. The Balaban J connectivity index is 2.26. The lowest BCUT2D eigenvalue weighted by atomic mass is 10.1. The summed E-state index contributed by atoms with van der Waals surface area (Å²) in [5.41, 5.74) is 6.06. The number of nitrogens with zero attached hydrogens (tertiary/aromatic N) is 4. The topological polar surface area (TPSA) is 96.5 Å². The van der Waals surface area contributed by atoms with Crippen molar-refractivity contribution in [3.8, 4) is 0 Å². The minimum Gasteiger partial charge on any atom is -0.368 e. The number of carbonyl (C=O) groups is 1. The molecule has 3 N–H and O–H groups in total. The van der Waals surface area contributed by atoms with Crippen LogP contribution in [0.3, 0.4) is 0 Å². The zero-order valence-electron chi connectivity index (χ0n) is 17.1. The van der Waals surface area contributed by atoms with Gasteiger partial charge in [0.2, 0.25) is 5.95 Å². The molecule has 0 spiro atoms. The standard InChI is InChI=1S/C19H22F4N6OS/c1-11(2)29(3)17-15(9-25-18(24)27-17)26-16(10-30)12-4-5-14(13(20)8-12)28-31-7-6-19(21,22)23/h4-5,8-11,28H,6-7H2,1-3H3,(H2,24,25,27)/b26-16+. The number of nitrogen functional groups attached to an aromatic ring is 1.